The number of rotatable bonds is 4. The number of aliphatic imine (C=N–C) groups is 1. The third kappa shape index (κ3) is 4.06. The van der Waals surface area contributed by atoms with E-state index in [-0.39, 0.29) is 23.3 Å². The van der Waals surface area contributed by atoms with Crippen LogP contribution in [0.5, 0.6) is 0 Å². The summed E-state index contributed by atoms with van der Waals surface area (Å²) in [5, 5.41) is 14.3. The van der Waals surface area contributed by atoms with Gasteiger partial charge in [-0.3, -0.25) is 9.79 Å². The van der Waals surface area contributed by atoms with Crippen molar-refractivity contribution in [2.24, 2.45) is 45.4 Å². The second kappa shape index (κ2) is 9.15. The molecule has 3 saturated carbocycles. The Kier molecular flexibility index (Phi) is 6.60. The maximum Gasteiger partial charge on any atom is 0.217 e. The van der Waals surface area contributed by atoms with Gasteiger partial charge in [-0.05, 0) is 118 Å². The topological polar surface area (TPSA) is 61.7 Å². The minimum atomic E-state index is -0.434. The number of aliphatic hydroxyl groups excluding tert-OH is 1. The van der Waals surface area contributed by atoms with Gasteiger partial charge in [0.05, 0.1) is 12.1 Å². The van der Waals surface area contributed by atoms with Gasteiger partial charge < -0.3 is 10.4 Å². The average Bonchev–Trinajstić information content (AvgIpc) is 3.39. The molecule has 4 aliphatic carbocycles. The van der Waals surface area contributed by atoms with Crippen molar-refractivity contribution >= 4 is 11.6 Å². The van der Waals surface area contributed by atoms with E-state index in [1.807, 2.05) is 0 Å². The van der Waals surface area contributed by atoms with Gasteiger partial charge in [0.15, 0.2) is 0 Å². The van der Waals surface area contributed by atoms with Gasteiger partial charge in [0.2, 0.25) is 5.91 Å². The van der Waals surface area contributed by atoms with Gasteiger partial charge in [0.25, 0.3) is 0 Å². The summed E-state index contributed by atoms with van der Waals surface area (Å²) < 4.78 is 0. The van der Waals surface area contributed by atoms with E-state index in [4.69, 9.17) is 4.99 Å². The van der Waals surface area contributed by atoms with Crippen LogP contribution in [0.15, 0.2) is 27.8 Å². The molecule has 0 aromatic carbocycles. The molecule has 1 amide bonds. The van der Waals surface area contributed by atoms with Crippen LogP contribution in [-0.2, 0) is 4.79 Å². The quantitative estimate of drug-likeness (QED) is 0.467. The summed E-state index contributed by atoms with van der Waals surface area (Å²) in [6.07, 6.45) is 12.6. The molecule has 0 aromatic rings. The summed E-state index contributed by atoms with van der Waals surface area (Å²) in [4.78, 5) is 16.6. The fourth-order valence-electron chi connectivity index (χ4n) is 9.70. The Bertz CT molecular complexity index is 959. The van der Waals surface area contributed by atoms with Crippen LogP contribution in [0.1, 0.15) is 99.3 Å². The number of aliphatic hydroxyl groups is 1. The Morgan fingerprint density at radius 1 is 1.11 bits per heavy atom. The molecule has 0 aromatic heterocycles. The van der Waals surface area contributed by atoms with Gasteiger partial charge >= 0.3 is 0 Å². The lowest BCUT2D eigenvalue weighted by atomic mass is 9.47. The number of amides is 1. The van der Waals surface area contributed by atoms with Crippen molar-refractivity contribution in [3.8, 4) is 0 Å². The van der Waals surface area contributed by atoms with E-state index in [1.54, 1.807) is 12.5 Å². The zero-order chi connectivity index (χ0) is 25.1. The fraction of sp³-hybridized carbons (Fsp3) is 0.806. The summed E-state index contributed by atoms with van der Waals surface area (Å²) in [5.74, 6) is 2.97. The van der Waals surface area contributed by atoms with Crippen LogP contribution in [-0.4, -0.2) is 35.4 Å². The summed E-state index contributed by atoms with van der Waals surface area (Å²) >= 11 is 0. The Morgan fingerprint density at radius 3 is 2.54 bits per heavy atom. The maximum absolute atomic E-state index is 11.7. The van der Waals surface area contributed by atoms with Crippen molar-refractivity contribution in [1.82, 2.24) is 5.32 Å². The molecule has 4 heteroatoms. The Hall–Kier alpha value is -1.42. The van der Waals surface area contributed by atoms with Crippen LogP contribution in [0.2, 0.25) is 0 Å². The largest absolute Gasteiger partial charge is 0.391 e. The highest BCUT2D eigenvalue weighted by atomic mass is 16.3. The molecule has 5 aliphatic rings. The number of nitrogens with one attached hydrogen (secondary N) is 1. The van der Waals surface area contributed by atoms with Crippen molar-refractivity contribution < 1.29 is 9.90 Å². The first-order chi connectivity index (χ1) is 16.6. The second-order valence-electron chi connectivity index (χ2n) is 13.5. The number of allylic oxidation sites excluding steroid dienone is 3. The molecular formula is C31H48N2O2. The molecule has 2 N–H and O–H groups in total. The van der Waals surface area contributed by atoms with E-state index in [2.05, 4.69) is 46.0 Å². The highest BCUT2D eigenvalue weighted by Gasteiger charge is 2.59. The van der Waals surface area contributed by atoms with Crippen LogP contribution in [0, 0.1) is 40.4 Å². The Labute approximate surface area is 213 Å². The minimum absolute atomic E-state index is 0.0236. The minimum Gasteiger partial charge on any atom is -0.391 e. The highest BCUT2D eigenvalue weighted by Crippen LogP contribution is 2.67. The second-order valence-corrected chi connectivity index (χ2v) is 13.5. The van der Waals surface area contributed by atoms with Crippen molar-refractivity contribution in [2.75, 3.05) is 6.54 Å². The Balaban J connectivity index is 1.35. The van der Waals surface area contributed by atoms with Gasteiger partial charge in [-0.15, -0.1) is 0 Å². The van der Waals surface area contributed by atoms with Gasteiger partial charge in [0, 0.05) is 19.2 Å². The van der Waals surface area contributed by atoms with Gasteiger partial charge in [-0.2, -0.15) is 0 Å². The summed E-state index contributed by atoms with van der Waals surface area (Å²) in [6.45, 7) is 14.6. The van der Waals surface area contributed by atoms with Crippen LogP contribution in [0.4, 0.5) is 0 Å². The SMILES string of the molecule is CC(=O)N[C@H]1CC[C@@]2(C)[C@H](CC=C3[C@@H]2CC[C@@]2(C)[C@@H]([C@H](C)CC4=NCCC4=C(C)C)CC[C@@H]32)[C@H]1O. The molecular weight excluding hydrogens is 432 g/mol. The lowest BCUT2D eigenvalue weighted by molar-refractivity contribution is -0.125. The predicted molar refractivity (Wildman–Crippen MR) is 143 cm³/mol. The van der Waals surface area contributed by atoms with Gasteiger partial charge in [-0.25, -0.2) is 0 Å². The summed E-state index contributed by atoms with van der Waals surface area (Å²) in [5.41, 5.74) is 6.66. The highest BCUT2D eigenvalue weighted by molar-refractivity contribution is 6.02. The first-order valence-electron chi connectivity index (χ1n) is 14.4. The van der Waals surface area contributed by atoms with Crippen LogP contribution in [0.3, 0.4) is 0 Å². The molecule has 0 bridgehead atoms. The molecule has 35 heavy (non-hydrogen) atoms. The van der Waals surface area contributed by atoms with Gasteiger partial charge in [0.1, 0.15) is 0 Å². The maximum atomic E-state index is 11.7. The molecule has 0 radical (unpaired) electrons. The number of nitrogens with zero attached hydrogens (tertiary/aromatic N) is 1. The predicted octanol–water partition coefficient (Wildman–Crippen LogP) is 6.25. The normalized spacial score (nSPS) is 43.5. The van der Waals surface area contributed by atoms with E-state index < -0.39 is 6.10 Å². The molecule has 3 fully saturated rings. The third-order valence-corrected chi connectivity index (χ3v) is 11.5. The summed E-state index contributed by atoms with van der Waals surface area (Å²) in [6, 6.07) is -0.0877. The van der Waals surface area contributed by atoms with E-state index in [1.165, 1.54) is 42.5 Å². The first kappa shape index (κ1) is 25.2. The van der Waals surface area contributed by atoms with Crippen LogP contribution < -0.4 is 5.32 Å². The van der Waals surface area contributed by atoms with Crippen molar-refractivity contribution in [3.05, 3.63) is 22.8 Å². The van der Waals surface area contributed by atoms with Crippen LogP contribution in [0.25, 0.3) is 0 Å². The third-order valence-electron chi connectivity index (χ3n) is 11.5. The molecule has 194 valence electrons. The van der Waals surface area contributed by atoms with E-state index in [0.29, 0.717) is 23.2 Å². The van der Waals surface area contributed by atoms with Crippen molar-refractivity contribution in [1.29, 1.82) is 0 Å². The summed E-state index contributed by atoms with van der Waals surface area (Å²) in [7, 11) is 0. The molecule has 0 spiro atoms. The molecule has 0 saturated heterocycles. The number of fused-ring (bicyclic) bond motifs is 5. The van der Waals surface area contributed by atoms with E-state index >= 15 is 0 Å². The molecule has 9 atom stereocenters. The number of hydrogen-bond donors (Lipinski definition) is 2. The lowest BCUT2D eigenvalue weighted by Gasteiger charge is -2.59. The molecule has 1 aliphatic heterocycles. The monoisotopic (exact) mass is 480 g/mol. The zero-order valence-electron chi connectivity index (χ0n) is 23.0. The lowest BCUT2D eigenvalue weighted by Crippen LogP contribution is -2.58. The average molecular weight is 481 g/mol. The molecule has 0 unspecified atom stereocenters. The van der Waals surface area contributed by atoms with Crippen LogP contribution >= 0.6 is 0 Å². The number of carbonyl (C=O) groups is 1. The molecule has 4 nitrogen and oxygen atoms in total. The fourth-order valence-corrected chi connectivity index (χ4v) is 9.70. The van der Waals surface area contributed by atoms with Crippen molar-refractivity contribution in [3.63, 3.8) is 0 Å². The first-order valence-corrected chi connectivity index (χ1v) is 14.4. The van der Waals surface area contributed by atoms with Crippen molar-refractivity contribution in [2.45, 2.75) is 111 Å². The zero-order valence-corrected chi connectivity index (χ0v) is 23.0. The van der Waals surface area contributed by atoms with E-state index in [9.17, 15) is 9.90 Å². The number of carbonyl (C=O) groups excluding carboxylic acids is 1. The molecule has 5 rings (SSSR count). The number of hydrogen-bond acceptors (Lipinski definition) is 3. The Morgan fingerprint density at radius 2 is 1.83 bits per heavy atom. The van der Waals surface area contributed by atoms with E-state index in [0.717, 1.165) is 44.6 Å². The smallest absolute Gasteiger partial charge is 0.217 e. The van der Waals surface area contributed by atoms with Gasteiger partial charge in [-0.1, -0.05) is 38.0 Å². The standard InChI is InChI=1S/C31H48N2O2/c1-18(2)21-13-16-32-28(21)17-19(3)23-9-10-24-22-7-8-26-29(35)27(33-20(4)34)12-15-31(26,6)25(22)11-14-30(23,24)5/h7,19,23-27,29,35H,8-17H2,1-6H3,(H,33,34)/t19-,23-,24+,25+,26-,27+,29-,30+,31-/m1/s1. The molecule has 1 heterocycles.